The van der Waals surface area contributed by atoms with Crippen molar-refractivity contribution in [2.24, 2.45) is 0 Å². The Morgan fingerprint density at radius 3 is 2.50 bits per heavy atom. The molecule has 0 aromatic carbocycles. The molecule has 104 valence electrons. The molecule has 18 heavy (non-hydrogen) atoms. The van der Waals surface area contributed by atoms with E-state index < -0.39 is 0 Å². The van der Waals surface area contributed by atoms with Gasteiger partial charge in [0.1, 0.15) is 6.10 Å². The molecule has 0 amide bonds. The van der Waals surface area contributed by atoms with Gasteiger partial charge in [0, 0.05) is 6.42 Å². The smallest absolute Gasteiger partial charge is 0.306 e. The van der Waals surface area contributed by atoms with Crippen molar-refractivity contribution in [2.75, 3.05) is 0 Å². The van der Waals surface area contributed by atoms with Crippen molar-refractivity contribution in [1.29, 1.82) is 0 Å². The number of hydrogen-bond donors (Lipinski definition) is 0. The van der Waals surface area contributed by atoms with Crippen molar-refractivity contribution >= 4 is 5.97 Å². The Balaban J connectivity index is 1.95. The standard InChI is InChI=1S/C16H28O2/c1-3-4-5-6-7-8-9-13-16(17)18-15-12-10-11-14(15)2/h11,15H,3-10,12-13H2,1-2H3/t15-/m0/s1. The lowest BCUT2D eigenvalue weighted by atomic mass is 10.1. The topological polar surface area (TPSA) is 26.3 Å². The van der Waals surface area contributed by atoms with E-state index in [1.807, 2.05) is 0 Å². The number of allylic oxidation sites excluding steroid dienone is 1. The molecule has 0 saturated carbocycles. The van der Waals surface area contributed by atoms with Crippen LogP contribution in [0.4, 0.5) is 0 Å². The first-order chi connectivity index (χ1) is 8.74. The molecule has 0 aliphatic heterocycles. The van der Waals surface area contributed by atoms with Crippen molar-refractivity contribution in [3.8, 4) is 0 Å². The average molecular weight is 252 g/mol. The van der Waals surface area contributed by atoms with Crippen LogP contribution < -0.4 is 0 Å². The molecular formula is C16H28O2. The van der Waals surface area contributed by atoms with E-state index >= 15 is 0 Å². The zero-order valence-electron chi connectivity index (χ0n) is 12.0. The van der Waals surface area contributed by atoms with Gasteiger partial charge >= 0.3 is 5.97 Å². The zero-order chi connectivity index (χ0) is 13.2. The number of ether oxygens (including phenoxy) is 1. The molecule has 0 aromatic heterocycles. The van der Waals surface area contributed by atoms with Gasteiger partial charge in [0.15, 0.2) is 0 Å². The zero-order valence-corrected chi connectivity index (χ0v) is 12.0. The van der Waals surface area contributed by atoms with Gasteiger partial charge in [-0.1, -0.05) is 51.5 Å². The largest absolute Gasteiger partial charge is 0.458 e. The summed E-state index contributed by atoms with van der Waals surface area (Å²) >= 11 is 0. The Morgan fingerprint density at radius 1 is 1.22 bits per heavy atom. The van der Waals surface area contributed by atoms with E-state index in [0.717, 1.165) is 25.7 Å². The third kappa shape index (κ3) is 6.23. The highest BCUT2D eigenvalue weighted by Crippen LogP contribution is 2.22. The Kier molecular flexibility index (Phi) is 7.79. The summed E-state index contributed by atoms with van der Waals surface area (Å²) in [6.07, 6.45) is 13.6. The molecule has 1 rings (SSSR count). The predicted octanol–water partition coefficient (Wildman–Crippen LogP) is 4.78. The van der Waals surface area contributed by atoms with E-state index in [1.54, 1.807) is 0 Å². The van der Waals surface area contributed by atoms with Crippen molar-refractivity contribution in [3.63, 3.8) is 0 Å². The predicted molar refractivity (Wildman–Crippen MR) is 75.5 cm³/mol. The van der Waals surface area contributed by atoms with Gasteiger partial charge in [-0.2, -0.15) is 0 Å². The van der Waals surface area contributed by atoms with Crippen LogP contribution in [0.3, 0.4) is 0 Å². The maximum atomic E-state index is 11.6. The van der Waals surface area contributed by atoms with Gasteiger partial charge < -0.3 is 4.74 Å². The fourth-order valence-corrected chi connectivity index (χ4v) is 2.42. The van der Waals surface area contributed by atoms with Gasteiger partial charge in [-0.25, -0.2) is 0 Å². The number of carbonyl (C=O) groups excluding carboxylic acids is 1. The highest BCUT2D eigenvalue weighted by atomic mass is 16.5. The van der Waals surface area contributed by atoms with E-state index in [0.29, 0.717) is 6.42 Å². The van der Waals surface area contributed by atoms with Gasteiger partial charge in [0.25, 0.3) is 0 Å². The Labute approximate surface area is 112 Å². The van der Waals surface area contributed by atoms with E-state index in [2.05, 4.69) is 19.9 Å². The summed E-state index contributed by atoms with van der Waals surface area (Å²) in [5.74, 6) is -0.0109. The fourth-order valence-electron chi connectivity index (χ4n) is 2.42. The minimum Gasteiger partial charge on any atom is -0.458 e. The molecule has 0 bridgehead atoms. The first-order valence-electron chi connectivity index (χ1n) is 7.60. The molecule has 0 N–H and O–H groups in total. The highest BCUT2D eigenvalue weighted by Gasteiger charge is 2.19. The maximum Gasteiger partial charge on any atom is 0.306 e. The Bertz CT molecular complexity index is 268. The van der Waals surface area contributed by atoms with Gasteiger partial charge in [0.05, 0.1) is 0 Å². The number of unbranched alkanes of at least 4 members (excludes halogenated alkanes) is 6. The molecule has 1 aliphatic carbocycles. The van der Waals surface area contributed by atoms with Crippen molar-refractivity contribution < 1.29 is 9.53 Å². The highest BCUT2D eigenvalue weighted by molar-refractivity contribution is 5.69. The summed E-state index contributed by atoms with van der Waals surface area (Å²) in [5.41, 5.74) is 1.22. The lowest BCUT2D eigenvalue weighted by Gasteiger charge is -2.13. The summed E-state index contributed by atoms with van der Waals surface area (Å²) < 4.78 is 5.46. The molecule has 0 unspecified atom stereocenters. The summed E-state index contributed by atoms with van der Waals surface area (Å²) in [5, 5.41) is 0. The molecule has 0 saturated heterocycles. The number of hydrogen-bond acceptors (Lipinski definition) is 2. The number of rotatable bonds is 9. The molecule has 0 fully saturated rings. The van der Waals surface area contributed by atoms with Crippen LogP contribution in [0.2, 0.25) is 0 Å². The molecule has 2 nitrogen and oxygen atoms in total. The number of esters is 1. The first-order valence-corrected chi connectivity index (χ1v) is 7.60. The molecule has 0 aromatic rings. The minimum atomic E-state index is -0.0109. The second-order valence-corrected chi connectivity index (χ2v) is 5.38. The van der Waals surface area contributed by atoms with Gasteiger partial charge in [-0.05, 0) is 31.8 Å². The van der Waals surface area contributed by atoms with Crippen LogP contribution in [0, 0.1) is 0 Å². The van der Waals surface area contributed by atoms with E-state index in [4.69, 9.17) is 4.74 Å². The molecule has 1 atom stereocenters. The Hall–Kier alpha value is -0.790. The van der Waals surface area contributed by atoms with Gasteiger partial charge in [0.2, 0.25) is 0 Å². The normalized spacial score (nSPS) is 18.8. The van der Waals surface area contributed by atoms with E-state index in [1.165, 1.54) is 37.7 Å². The molecule has 2 heteroatoms. The fraction of sp³-hybridized carbons (Fsp3) is 0.812. The van der Waals surface area contributed by atoms with Gasteiger partial charge in [-0.15, -0.1) is 0 Å². The molecule has 0 heterocycles. The van der Waals surface area contributed by atoms with E-state index in [-0.39, 0.29) is 12.1 Å². The lowest BCUT2D eigenvalue weighted by Crippen LogP contribution is -2.16. The third-order valence-electron chi connectivity index (χ3n) is 3.66. The van der Waals surface area contributed by atoms with Crippen molar-refractivity contribution in [3.05, 3.63) is 11.6 Å². The Morgan fingerprint density at radius 2 is 1.89 bits per heavy atom. The van der Waals surface area contributed by atoms with Gasteiger partial charge in [-0.3, -0.25) is 4.79 Å². The molecule has 0 radical (unpaired) electrons. The maximum absolute atomic E-state index is 11.6. The van der Waals surface area contributed by atoms with Crippen LogP contribution in [0.25, 0.3) is 0 Å². The summed E-state index contributed by atoms with van der Waals surface area (Å²) in [4.78, 5) is 11.6. The van der Waals surface area contributed by atoms with Crippen LogP contribution in [0.1, 0.15) is 78.1 Å². The van der Waals surface area contributed by atoms with Crippen molar-refractivity contribution in [1.82, 2.24) is 0 Å². The van der Waals surface area contributed by atoms with Crippen molar-refractivity contribution in [2.45, 2.75) is 84.2 Å². The quantitative estimate of drug-likeness (QED) is 0.335. The van der Waals surface area contributed by atoms with Crippen LogP contribution in [0.5, 0.6) is 0 Å². The second kappa shape index (κ2) is 9.18. The van der Waals surface area contributed by atoms with Crippen LogP contribution in [0.15, 0.2) is 11.6 Å². The van der Waals surface area contributed by atoms with Crippen LogP contribution in [-0.2, 0) is 9.53 Å². The first kappa shape index (κ1) is 15.3. The lowest BCUT2D eigenvalue weighted by molar-refractivity contribution is -0.147. The number of carbonyl (C=O) groups is 1. The van der Waals surface area contributed by atoms with E-state index in [9.17, 15) is 4.79 Å². The summed E-state index contributed by atoms with van der Waals surface area (Å²) in [7, 11) is 0. The minimum absolute atomic E-state index is 0.0109. The summed E-state index contributed by atoms with van der Waals surface area (Å²) in [6.45, 7) is 4.29. The van der Waals surface area contributed by atoms with Crippen LogP contribution in [-0.4, -0.2) is 12.1 Å². The molecule has 0 spiro atoms. The average Bonchev–Trinajstić information content (AvgIpc) is 2.74. The molecule has 1 aliphatic rings. The third-order valence-corrected chi connectivity index (χ3v) is 3.66. The monoisotopic (exact) mass is 252 g/mol. The van der Waals surface area contributed by atoms with Crippen LogP contribution >= 0.6 is 0 Å². The second-order valence-electron chi connectivity index (χ2n) is 5.38. The SMILES string of the molecule is CCCCCCCCCC(=O)O[C@H]1CCC=C1C. The summed E-state index contributed by atoms with van der Waals surface area (Å²) in [6, 6.07) is 0. The molecular weight excluding hydrogens is 224 g/mol.